The highest BCUT2D eigenvalue weighted by Gasteiger charge is 2.17. The van der Waals surface area contributed by atoms with Crippen LogP contribution in [0, 0.1) is 0 Å². The minimum absolute atomic E-state index is 0.0376. The summed E-state index contributed by atoms with van der Waals surface area (Å²) in [5.41, 5.74) is 2.05. The molecule has 5 heteroatoms. The second-order valence-electron chi connectivity index (χ2n) is 5.33. The van der Waals surface area contributed by atoms with Gasteiger partial charge in [0.05, 0.1) is 5.33 Å². The van der Waals surface area contributed by atoms with Gasteiger partial charge in [-0.3, -0.25) is 9.59 Å². The molecule has 24 heavy (non-hydrogen) atoms. The number of hydrogen-bond acceptors (Lipinski definition) is 3. The Bertz CT molecular complexity index is 646. The van der Waals surface area contributed by atoms with Crippen molar-refractivity contribution < 1.29 is 14.3 Å². The summed E-state index contributed by atoms with van der Waals surface area (Å²) in [5.74, 6) is -0.524. The molecule has 0 N–H and O–H groups in total. The molecule has 0 aromatic heterocycles. The summed E-state index contributed by atoms with van der Waals surface area (Å²) >= 11 is 3.16. The van der Waals surface area contributed by atoms with Gasteiger partial charge in [-0.2, -0.15) is 0 Å². The molecule has 2 rings (SSSR count). The molecule has 0 unspecified atom stereocenters. The summed E-state index contributed by atoms with van der Waals surface area (Å²) < 4.78 is 5.26. The van der Waals surface area contributed by atoms with E-state index in [0.29, 0.717) is 13.0 Å². The van der Waals surface area contributed by atoms with Gasteiger partial charge in [0, 0.05) is 6.54 Å². The lowest BCUT2D eigenvalue weighted by molar-refractivity contribution is -0.149. The van der Waals surface area contributed by atoms with Crippen LogP contribution in [0.15, 0.2) is 60.7 Å². The average molecular weight is 390 g/mol. The molecule has 0 atom stereocenters. The average Bonchev–Trinajstić information content (AvgIpc) is 2.64. The van der Waals surface area contributed by atoms with E-state index in [2.05, 4.69) is 15.9 Å². The van der Waals surface area contributed by atoms with E-state index in [0.717, 1.165) is 11.1 Å². The molecule has 0 saturated heterocycles. The fourth-order valence-corrected chi connectivity index (χ4v) is 2.58. The first-order valence-corrected chi connectivity index (χ1v) is 8.88. The zero-order valence-corrected chi connectivity index (χ0v) is 14.9. The van der Waals surface area contributed by atoms with Crippen molar-refractivity contribution in [2.24, 2.45) is 0 Å². The standard InChI is InChI=1S/C19H20BrNO3/c20-13-18(22)21(12-11-16-7-3-1-4-8-16)14-19(23)24-15-17-9-5-2-6-10-17/h1-10H,11-15H2. The Hall–Kier alpha value is -2.14. The van der Waals surface area contributed by atoms with Crippen molar-refractivity contribution in [1.82, 2.24) is 4.90 Å². The van der Waals surface area contributed by atoms with Crippen molar-refractivity contribution in [2.45, 2.75) is 13.0 Å². The van der Waals surface area contributed by atoms with E-state index >= 15 is 0 Å². The van der Waals surface area contributed by atoms with Crippen molar-refractivity contribution in [3.8, 4) is 0 Å². The van der Waals surface area contributed by atoms with Crippen LogP contribution in [0.4, 0.5) is 0 Å². The third-order valence-electron chi connectivity index (χ3n) is 3.54. The largest absolute Gasteiger partial charge is 0.459 e. The summed E-state index contributed by atoms with van der Waals surface area (Å²) in [6, 6.07) is 19.4. The van der Waals surface area contributed by atoms with Gasteiger partial charge in [-0.1, -0.05) is 76.6 Å². The van der Waals surface area contributed by atoms with Crippen LogP contribution >= 0.6 is 15.9 Å². The second-order valence-corrected chi connectivity index (χ2v) is 5.89. The summed E-state index contributed by atoms with van der Waals surface area (Å²) in [5, 5.41) is 0.188. The van der Waals surface area contributed by atoms with E-state index in [1.165, 1.54) is 4.90 Å². The fraction of sp³-hybridized carbons (Fsp3) is 0.263. The number of benzene rings is 2. The van der Waals surface area contributed by atoms with Gasteiger partial charge in [0.1, 0.15) is 13.2 Å². The van der Waals surface area contributed by atoms with Gasteiger partial charge in [0.25, 0.3) is 0 Å². The Kier molecular flexibility index (Phi) is 7.49. The number of rotatable bonds is 8. The molecule has 0 spiro atoms. The quantitative estimate of drug-likeness (QED) is 0.514. The first kappa shape index (κ1) is 18.2. The van der Waals surface area contributed by atoms with Gasteiger partial charge >= 0.3 is 5.97 Å². The van der Waals surface area contributed by atoms with Crippen molar-refractivity contribution in [3.05, 3.63) is 71.8 Å². The van der Waals surface area contributed by atoms with E-state index in [1.54, 1.807) is 0 Å². The third kappa shape index (κ3) is 6.16. The van der Waals surface area contributed by atoms with Crippen LogP contribution in [0.25, 0.3) is 0 Å². The van der Waals surface area contributed by atoms with Gasteiger partial charge < -0.3 is 9.64 Å². The summed E-state index contributed by atoms with van der Waals surface area (Å²) in [6.07, 6.45) is 0.700. The van der Waals surface area contributed by atoms with Crippen LogP contribution < -0.4 is 0 Å². The number of nitrogens with zero attached hydrogens (tertiary/aromatic N) is 1. The first-order valence-electron chi connectivity index (χ1n) is 7.76. The normalized spacial score (nSPS) is 10.2. The van der Waals surface area contributed by atoms with Crippen molar-refractivity contribution >= 4 is 27.8 Å². The lowest BCUT2D eigenvalue weighted by Gasteiger charge is -2.21. The molecule has 2 aromatic rings. The Morgan fingerprint density at radius 1 is 0.917 bits per heavy atom. The minimum atomic E-state index is -0.402. The predicted molar refractivity (Wildman–Crippen MR) is 96.8 cm³/mol. The number of amides is 1. The number of esters is 1. The Balaban J connectivity index is 1.85. The molecule has 0 aliphatic rings. The summed E-state index contributed by atoms with van der Waals surface area (Å²) in [6.45, 7) is 0.660. The zero-order valence-electron chi connectivity index (χ0n) is 13.4. The number of carbonyl (C=O) groups excluding carboxylic acids is 2. The minimum Gasteiger partial charge on any atom is -0.459 e. The van der Waals surface area contributed by atoms with Crippen LogP contribution in [0.3, 0.4) is 0 Å². The Morgan fingerprint density at radius 2 is 1.50 bits per heavy atom. The highest BCUT2D eigenvalue weighted by Crippen LogP contribution is 2.05. The molecular formula is C19H20BrNO3. The molecule has 2 aromatic carbocycles. The predicted octanol–water partition coefficient (Wildman–Crippen LogP) is 3.20. The maximum Gasteiger partial charge on any atom is 0.325 e. The van der Waals surface area contributed by atoms with Crippen molar-refractivity contribution in [1.29, 1.82) is 0 Å². The smallest absolute Gasteiger partial charge is 0.325 e. The second kappa shape index (κ2) is 9.88. The maximum atomic E-state index is 12.0. The first-order chi connectivity index (χ1) is 11.7. The van der Waals surface area contributed by atoms with E-state index in [-0.39, 0.29) is 24.4 Å². The molecule has 0 saturated carbocycles. The van der Waals surface area contributed by atoms with E-state index < -0.39 is 5.97 Å². The number of hydrogen-bond donors (Lipinski definition) is 0. The van der Waals surface area contributed by atoms with Gasteiger partial charge in [0.2, 0.25) is 5.91 Å². The topological polar surface area (TPSA) is 46.6 Å². The van der Waals surface area contributed by atoms with Crippen LogP contribution in [-0.2, 0) is 27.4 Å². The van der Waals surface area contributed by atoms with Crippen LogP contribution in [0.1, 0.15) is 11.1 Å². The summed E-state index contributed by atoms with van der Waals surface area (Å²) in [7, 11) is 0. The number of carbonyl (C=O) groups is 2. The SMILES string of the molecule is O=C(CN(CCc1ccccc1)C(=O)CBr)OCc1ccccc1. The van der Waals surface area contributed by atoms with E-state index in [4.69, 9.17) is 4.74 Å². The lowest BCUT2D eigenvalue weighted by atomic mass is 10.1. The highest BCUT2D eigenvalue weighted by atomic mass is 79.9. The molecule has 0 aliphatic heterocycles. The van der Waals surface area contributed by atoms with Gasteiger partial charge in [-0.25, -0.2) is 0 Å². The number of alkyl halides is 1. The lowest BCUT2D eigenvalue weighted by Crippen LogP contribution is -2.38. The number of ether oxygens (including phenoxy) is 1. The maximum absolute atomic E-state index is 12.0. The third-order valence-corrected chi connectivity index (χ3v) is 4.02. The highest BCUT2D eigenvalue weighted by molar-refractivity contribution is 9.09. The van der Waals surface area contributed by atoms with Crippen LogP contribution in [0.5, 0.6) is 0 Å². The molecule has 126 valence electrons. The Labute approximate surface area is 150 Å². The van der Waals surface area contributed by atoms with E-state index in [1.807, 2.05) is 60.7 Å². The molecule has 4 nitrogen and oxygen atoms in total. The van der Waals surface area contributed by atoms with Crippen molar-refractivity contribution in [3.63, 3.8) is 0 Å². The van der Waals surface area contributed by atoms with Crippen LogP contribution in [0.2, 0.25) is 0 Å². The van der Waals surface area contributed by atoms with Gasteiger partial charge in [-0.15, -0.1) is 0 Å². The fourth-order valence-electron chi connectivity index (χ4n) is 2.22. The van der Waals surface area contributed by atoms with Gasteiger partial charge in [-0.05, 0) is 17.5 Å². The van der Waals surface area contributed by atoms with Gasteiger partial charge in [0.15, 0.2) is 0 Å². The molecular weight excluding hydrogens is 370 g/mol. The summed E-state index contributed by atoms with van der Waals surface area (Å²) in [4.78, 5) is 25.6. The van der Waals surface area contributed by atoms with E-state index in [9.17, 15) is 9.59 Å². The molecule has 1 amide bonds. The molecule has 0 radical (unpaired) electrons. The molecule has 0 aliphatic carbocycles. The zero-order chi connectivity index (χ0) is 17.2. The molecule has 0 bridgehead atoms. The molecule has 0 fully saturated rings. The Morgan fingerprint density at radius 3 is 2.08 bits per heavy atom. The van der Waals surface area contributed by atoms with Crippen LogP contribution in [-0.4, -0.2) is 35.2 Å². The number of halogens is 1. The van der Waals surface area contributed by atoms with Crippen molar-refractivity contribution in [2.75, 3.05) is 18.4 Å². The molecule has 0 heterocycles. The monoisotopic (exact) mass is 389 g/mol.